The molecular weight excluding hydrogens is 183 g/mol. The minimum atomic E-state index is 0.177. The van der Waals surface area contributed by atoms with Gasteiger partial charge in [-0.1, -0.05) is 49.5 Å². The van der Waals surface area contributed by atoms with Crippen LogP contribution in [0.25, 0.3) is 0 Å². The van der Waals surface area contributed by atoms with E-state index in [1.807, 2.05) is 0 Å². The van der Waals surface area contributed by atoms with Gasteiger partial charge in [-0.2, -0.15) is 11.8 Å². The minimum Gasteiger partial charge on any atom is -0.151 e. The number of rotatable bonds is 2. The molecular formula is C10H23PS. The van der Waals surface area contributed by atoms with E-state index in [1.54, 1.807) is 0 Å². The quantitative estimate of drug-likeness (QED) is 0.604. The maximum atomic E-state index is 2.41. The van der Waals surface area contributed by atoms with Crippen LogP contribution in [-0.4, -0.2) is 22.1 Å². The standard InChI is InChI=1S/C10H23PS/c1-9(2,3)11(7)8-12-10(4,5)6/h8H2,1-7H3. The SMILES string of the molecule is CP(CSC(C)(C)C)C(C)(C)C. The maximum Gasteiger partial charge on any atom is 0.0144 e. The molecule has 1 unspecified atom stereocenters. The van der Waals surface area contributed by atoms with E-state index < -0.39 is 0 Å². The second-order valence-corrected chi connectivity index (χ2v) is 10.5. The summed E-state index contributed by atoms with van der Waals surface area (Å²) in [5, 5.41) is 0.521. The molecule has 0 aliphatic carbocycles. The van der Waals surface area contributed by atoms with Gasteiger partial charge in [-0.3, -0.25) is 0 Å². The van der Waals surface area contributed by atoms with Crippen LogP contribution in [0.5, 0.6) is 0 Å². The summed E-state index contributed by atoms with van der Waals surface area (Å²) < 4.78 is 0.432. The van der Waals surface area contributed by atoms with Gasteiger partial charge in [0.15, 0.2) is 0 Å². The lowest BCUT2D eigenvalue weighted by atomic mass is 10.3. The van der Waals surface area contributed by atoms with E-state index in [-0.39, 0.29) is 7.92 Å². The van der Waals surface area contributed by atoms with Crippen LogP contribution in [0.4, 0.5) is 0 Å². The summed E-state index contributed by atoms with van der Waals surface area (Å²) in [6.07, 6.45) is 0. The van der Waals surface area contributed by atoms with Crippen molar-refractivity contribution in [3.8, 4) is 0 Å². The molecule has 1 atom stereocenters. The summed E-state index contributed by atoms with van der Waals surface area (Å²) in [6.45, 7) is 16.3. The molecule has 0 rings (SSSR count). The van der Waals surface area contributed by atoms with Crippen LogP contribution < -0.4 is 0 Å². The number of hydrogen-bond donors (Lipinski definition) is 0. The topological polar surface area (TPSA) is 0 Å². The Kier molecular flexibility index (Phi) is 4.61. The van der Waals surface area contributed by atoms with Crippen LogP contribution >= 0.6 is 19.7 Å². The third-order valence-electron chi connectivity index (χ3n) is 1.84. The first-order chi connectivity index (χ1) is 5.13. The molecule has 0 aliphatic rings. The zero-order chi connectivity index (χ0) is 9.99. The summed E-state index contributed by atoms with van der Waals surface area (Å²) in [7, 11) is 0.177. The molecule has 0 heterocycles. The Morgan fingerprint density at radius 2 is 1.42 bits per heavy atom. The molecule has 0 saturated heterocycles. The highest BCUT2D eigenvalue weighted by Gasteiger charge is 2.21. The maximum absolute atomic E-state index is 2.41. The largest absolute Gasteiger partial charge is 0.151 e. The minimum absolute atomic E-state index is 0.177. The lowest BCUT2D eigenvalue weighted by Crippen LogP contribution is -2.14. The molecule has 0 saturated carbocycles. The van der Waals surface area contributed by atoms with Crippen molar-refractivity contribution in [2.75, 3.05) is 12.2 Å². The molecule has 2 heteroatoms. The first-order valence-corrected chi connectivity index (χ1v) is 7.44. The lowest BCUT2D eigenvalue weighted by Gasteiger charge is -2.30. The molecule has 0 aromatic carbocycles. The van der Waals surface area contributed by atoms with Gasteiger partial charge in [0.1, 0.15) is 0 Å². The predicted octanol–water partition coefficient (Wildman–Crippen LogP) is 4.39. The smallest absolute Gasteiger partial charge is 0.0144 e. The van der Waals surface area contributed by atoms with Gasteiger partial charge in [0, 0.05) is 10.2 Å². The third-order valence-corrected chi connectivity index (χ3v) is 7.06. The second-order valence-electron chi connectivity index (χ2n) is 5.25. The molecule has 0 aromatic rings. The average Bonchev–Trinajstić information content (AvgIpc) is 1.78. The van der Waals surface area contributed by atoms with E-state index >= 15 is 0 Å². The van der Waals surface area contributed by atoms with Gasteiger partial charge >= 0.3 is 0 Å². The summed E-state index contributed by atoms with van der Waals surface area (Å²) in [5.41, 5.74) is 1.34. The van der Waals surface area contributed by atoms with Gasteiger partial charge in [-0.25, -0.2) is 0 Å². The van der Waals surface area contributed by atoms with Crippen LogP contribution in [0.2, 0.25) is 0 Å². The van der Waals surface area contributed by atoms with E-state index in [0.29, 0.717) is 9.90 Å². The Balaban J connectivity index is 3.80. The fraction of sp³-hybridized carbons (Fsp3) is 1.00. The molecule has 74 valence electrons. The van der Waals surface area contributed by atoms with Gasteiger partial charge in [-0.15, -0.1) is 0 Å². The van der Waals surface area contributed by atoms with Crippen LogP contribution in [-0.2, 0) is 0 Å². The van der Waals surface area contributed by atoms with E-state index in [1.165, 1.54) is 5.49 Å². The second kappa shape index (κ2) is 4.33. The van der Waals surface area contributed by atoms with E-state index in [0.717, 1.165) is 0 Å². The van der Waals surface area contributed by atoms with Crippen LogP contribution in [0, 0.1) is 0 Å². The highest BCUT2D eigenvalue weighted by atomic mass is 32.2. The van der Waals surface area contributed by atoms with Crippen molar-refractivity contribution in [2.45, 2.75) is 51.4 Å². The first kappa shape index (κ1) is 12.8. The van der Waals surface area contributed by atoms with Crippen molar-refractivity contribution in [2.24, 2.45) is 0 Å². The van der Waals surface area contributed by atoms with Crippen LogP contribution in [0.3, 0.4) is 0 Å². The monoisotopic (exact) mass is 206 g/mol. The van der Waals surface area contributed by atoms with Crippen molar-refractivity contribution >= 4 is 19.7 Å². The predicted molar refractivity (Wildman–Crippen MR) is 64.8 cm³/mol. The van der Waals surface area contributed by atoms with E-state index in [4.69, 9.17) is 0 Å². The molecule has 0 spiro atoms. The molecule has 0 amide bonds. The molecule has 0 aliphatic heterocycles. The number of hydrogen-bond acceptors (Lipinski definition) is 1. The van der Waals surface area contributed by atoms with Crippen molar-refractivity contribution in [3.63, 3.8) is 0 Å². The van der Waals surface area contributed by atoms with Crippen LogP contribution in [0.1, 0.15) is 41.5 Å². The lowest BCUT2D eigenvalue weighted by molar-refractivity contribution is 0.785. The third kappa shape index (κ3) is 6.31. The summed E-state index contributed by atoms with van der Waals surface area (Å²) in [5.74, 6) is 0. The Bertz CT molecular complexity index is 130. The van der Waals surface area contributed by atoms with Crippen LogP contribution in [0.15, 0.2) is 0 Å². The van der Waals surface area contributed by atoms with Gasteiger partial charge in [0.05, 0.1) is 0 Å². The summed E-state index contributed by atoms with van der Waals surface area (Å²) >= 11 is 2.10. The van der Waals surface area contributed by atoms with Crippen molar-refractivity contribution in [1.82, 2.24) is 0 Å². The molecule has 0 aromatic heterocycles. The Labute approximate surface area is 83.6 Å². The van der Waals surface area contributed by atoms with Gasteiger partial charge in [-0.05, 0) is 11.8 Å². The summed E-state index contributed by atoms with van der Waals surface area (Å²) in [6, 6.07) is 0. The highest BCUT2D eigenvalue weighted by molar-refractivity contribution is 8.06. The Hall–Kier alpha value is 0.780. The molecule has 0 radical (unpaired) electrons. The van der Waals surface area contributed by atoms with Gasteiger partial charge < -0.3 is 0 Å². The van der Waals surface area contributed by atoms with Gasteiger partial charge in [0.2, 0.25) is 0 Å². The molecule has 12 heavy (non-hydrogen) atoms. The Morgan fingerprint density at radius 1 is 1.00 bits per heavy atom. The van der Waals surface area contributed by atoms with E-state index in [2.05, 4.69) is 60.0 Å². The van der Waals surface area contributed by atoms with Crippen molar-refractivity contribution < 1.29 is 0 Å². The molecule has 0 fully saturated rings. The van der Waals surface area contributed by atoms with Crippen molar-refractivity contribution in [1.29, 1.82) is 0 Å². The molecule has 0 bridgehead atoms. The molecule has 0 N–H and O–H groups in total. The fourth-order valence-electron chi connectivity index (χ4n) is 0.484. The zero-order valence-electron chi connectivity index (χ0n) is 9.56. The molecule has 0 nitrogen and oxygen atoms in total. The van der Waals surface area contributed by atoms with E-state index in [9.17, 15) is 0 Å². The fourth-order valence-corrected chi connectivity index (χ4v) is 4.36. The van der Waals surface area contributed by atoms with Gasteiger partial charge in [0.25, 0.3) is 0 Å². The average molecular weight is 206 g/mol. The van der Waals surface area contributed by atoms with Crippen molar-refractivity contribution in [3.05, 3.63) is 0 Å². The zero-order valence-corrected chi connectivity index (χ0v) is 11.3. The normalized spacial score (nSPS) is 16.2. The first-order valence-electron chi connectivity index (χ1n) is 4.48. The Morgan fingerprint density at radius 3 is 1.67 bits per heavy atom. The number of thioether (sulfide) groups is 1. The summed E-state index contributed by atoms with van der Waals surface area (Å²) in [4.78, 5) is 0. The highest BCUT2D eigenvalue weighted by Crippen LogP contribution is 2.50.